The zero-order valence-electron chi connectivity index (χ0n) is 11.5. The van der Waals surface area contributed by atoms with Crippen LogP contribution in [0.25, 0.3) is 0 Å². The number of aliphatic hydroxyl groups excluding tert-OH is 2. The Kier molecular flexibility index (Phi) is 2.81. The van der Waals surface area contributed by atoms with Gasteiger partial charge in [0.15, 0.2) is 0 Å². The highest BCUT2D eigenvalue weighted by molar-refractivity contribution is 5.90. The molecule has 0 bridgehead atoms. The predicted octanol–water partition coefficient (Wildman–Crippen LogP) is 1.26. The van der Waals surface area contributed by atoms with Crippen LogP contribution in [0.4, 0.5) is 0 Å². The van der Waals surface area contributed by atoms with Crippen molar-refractivity contribution in [2.75, 3.05) is 0 Å². The van der Waals surface area contributed by atoms with Crippen molar-refractivity contribution in [2.24, 2.45) is 23.2 Å². The third kappa shape index (κ3) is 1.69. The lowest BCUT2D eigenvalue weighted by Crippen LogP contribution is -2.37. The van der Waals surface area contributed by atoms with E-state index < -0.39 is 12.2 Å². The third-order valence-electron chi connectivity index (χ3n) is 5.70. The number of ether oxygens (including phenoxy) is 1. The van der Waals surface area contributed by atoms with Crippen molar-refractivity contribution in [2.45, 2.75) is 51.4 Å². The van der Waals surface area contributed by atoms with Crippen LogP contribution in [0.3, 0.4) is 0 Å². The van der Waals surface area contributed by atoms with Crippen LogP contribution < -0.4 is 0 Å². The van der Waals surface area contributed by atoms with Crippen LogP contribution >= 0.6 is 0 Å². The molecule has 1 saturated heterocycles. The summed E-state index contributed by atoms with van der Waals surface area (Å²) < 4.78 is 5.41. The maximum Gasteiger partial charge on any atom is 0.334 e. The molecule has 4 heteroatoms. The van der Waals surface area contributed by atoms with Crippen molar-refractivity contribution in [3.63, 3.8) is 0 Å². The number of fused-ring (bicyclic) bond motifs is 2. The number of carbonyl (C=O) groups is 1. The molecule has 1 heterocycles. The molecule has 19 heavy (non-hydrogen) atoms. The third-order valence-corrected chi connectivity index (χ3v) is 5.70. The summed E-state index contributed by atoms with van der Waals surface area (Å²) in [6.45, 7) is 7.98. The smallest absolute Gasteiger partial charge is 0.334 e. The van der Waals surface area contributed by atoms with Crippen molar-refractivity contribution in [1.29, 1.82) is 0 Å². The lowest BCUT2D eigenvalue weighted by atomic mass is 9.69. The van der Waals surface area contributed by atoms with Gasteiger partial charge in [-0.25, -0.2) is 4.79 Å². The van der Waals surface area contributed by atoms with E-state index in [0.29, 0.717) is 18.4 Å². The van der Waals surface area contributed by atoms with Crippen molar-refractivity contribution in [3.05, 3.63) is 12.2 Å². The Hall–Kier alpha value is -0.870. The zero-order valence-corrected chi connectivity index (χ0v) is 11.5. The van der Waals surface area contributed by atoms with E-state index in [4.69, 9.17) is 4.74 Å². The van der Waals surface area contributed by atoms with Gasteiger partial charge in [-0.15, -0.1) is 0 Å². The summed E-state index contributed by atoms with van der Waals surface area (Å²) in [7, 11) is 0. The summed E-state index contributed by atoms with van der Waals surface area (Å²) in [6, 6.07) is 0. The van der Waals surface area contributed by atoms with Gasteiger partial charge >= 0.3 is 5.97 Å². The van der Waals surface area contributed by atoms with E-state index in [2.05, 4.69) is 13.5 Å². The second kappa shape index (κ2) is 4.06. The molecule has 0 aromatic heterocycles. The average Bonchev–Trinajstić information content (AvgIpc) is 2.63. The lowest BCUT2D eigenvalue weighted by Gasteiger charge is -2.37. The fourth-order valence-electron chi connectivity index (χ4n) is 4.73. The quantitative estimate of drug-likeness (QED) is 0.512. The van der Waals surface area contributed by atoms with Crippen LogP contribution in [0.15, 0.2) is 12.2 Å². The molecule has 0 aromatic rings. The SMILES string of the molecule is C=C1C(=O)O[C@H]2C[C@@H](C)[C@@H]3[C@@H](O)C[C@H](O)[C@@]3(C)C[C@H]12. The Morgan fingerprint density at radius 1 is 1.37 bits per heavy atom. The predicted molar refractivity (Wildman–Crippen MR) is 69.1 cm³/mol. The van der Waals surface area contributed by atoms with Crippen LogP contribution in [0.1, 0.15) is 33.1 Å². The minimum absolute atomic E-state index is 0.00935. The van der Waals surface area contributed by atoms with Crippen molar-refractivity contribution >= 4 is 5.97 Å². The molecule has 2 saturated carbocycles. The molecule has 3 aliphatic rings. The summed E-state index contributed by atoms with van der Waals surface area (Å²) in [5.41, 5.74) is 0.183. The first kappa shape index (κ1) is 13.1. The molecule has 7 atom stereocenters. The normalized spacial score (nSPS) is 53.5. The zero-order chi connectivity index (χ0) is 13.9. The van der Waals surface area contributed by atoms with Gasteiger partial charge in [-0.05, 0) is 30.1 Å². The first-order valence-corrected chi connectivity index (χ1v) is 7.10. The van der Waals surface area contributed by atoms with E-state index >= 15 is 0 Å². The van der Waals surface area contributed by atoms with Crippen LogP contribution in [0.2, 0.25) is 0 Å². The number of aliphatic hydroxyl groups is 2. The molecule has 0 aromatic carbocycles. The molecule has 3 fully saturated rings. The standard InChI is InChI=1S/C15H22O4/c1-7-4-11-9(8(2)14(18)19-11)6-15(3)12(17)5-10(16)13(7)15/h7,9-13,16-17H,2,4-6H2,1,3H3/t7-,9-,10+,11+,12+,13-,15-/m1/s1. The average molecular weight is 266 g/mol. The maximum absolute atomic E-state index is 11.7. The second-order valence-electron chi connectivity index (χ2n) is 6.84. The van der Waals surface area contributed by atoms with Crippen LogP contribution in [-0.4, -0.2) is 34.5 Å². The highest BCUT2D eigenvalue weighted by Crippen LogP contribution is 2.56. The molecule has 2 aliphatic carbocycles. The Bertz CT molecular complexity index is 432. The van der Waals surface area contributed by atoms with Gasteiger partial charge in [0.05, 0.1) is 12.2 Å². The van der Waals surface area contributed by atoms with Crippen LogP contribution in [0, 0.1) is 23.2 Å². The molecule has 4 nitrogen and oxygen atoms in total. The molecule has 0 unspecified atom stereocenters. The van der Waals surface area contributed by atoms with Gasteiger partial charge in [-0.1, -0.05) is 20.4 Å². The minimum Gasteiger partial charge on any atom is -0.458 e. The molecule has 2 N–H and O–H groups in total. The summed E-state index contributed by atoms with van der Waals surface area (Å²) in [5.74, 6) is -0.00682. The topological polar surface area (TPSA) is 66.8 Å². The summed E-state index contributed by atoms with van der Waals surface area (Å²) in [5, 5.41) is 20.6. The van der Waals surface area contributed by atoms with E-state index in [1.54, 1.807) is 0 Å². The van der Waals surface area contributed by atoms with Gasteiger partial charge in [0.1, 0.15) is 6.10 Å². The first-order chi connectivity index (χ1) is 8.84. The lowest BCUT2D eigenvalue weighted by molar-refractivity contribution is -0.139. The Balaban J connectivity index is 1.98. The van der Waals surface area contributed by atoms with E-state index in [0.717, 1.165) is 6.42 Å². The van der Waals surface area contributed by atoms with Crippen molar-refractivity contribution in [1.82, 2.24) is 0 Å². The molecule has 0 amide bonds. The monoisotopic (exact) mass is 266 g/mol. The molecule has 106 valence electrons. The van der Waals surface area contributed by atoms with Gasteiger partial charge in [0.25, 0.3) is 0 Å². The summed E-state index contributed by atoms with van der Waals surface area (Å²) in [4.78, 5) is 11.7. The van der Waals surface area contributed by atoms with E-state index in [1.165, 1.54) is 0 Å². The Morgan fingerprint density at radius 3 is 2.74 bits per heavy atom. The summed E-state index contributed by atoms with van der Waals surface area (Å²) >= 11 is 0. The van der Waals surface area contributed by atoms with Crippen molar-refractivity contribution in [3.8, 4) is 0 Å². The second-order valence-corrected chi connectivity index (χ2v) is 6.84. The van der Waals surface area contributed by atoms with Crippen LogP contribution in [-0.2, 0) is 9.53 Å². The number of hydrogen-bond donors (Lipinski definition) is 2. The van der Waals surface area contributed by atoms with E-state index in [9.17, 15) is 15.0 Å². The number of carbonyl (C=O) groups excluding carboxylic acids is 1. The molecule has 3 rings (SSSR count). The largest absolute Gasteiger partial charge is 0.458 e. The van der Waals surface area contributed by atoms with Crippen LogP contribution in [0.5, 0.6) is 0 Å². The van der Waals surface area contributed by atoms with Gasteiger partial charge < -0.3 is 14.9 Å². The van der Waals surface area contributed by atoms with E-state index in [1.807, 2.05) is 6.92 Å². The Labute approximate surface area is 113 Å². The van der Waals surface area contributed by atoms with E-state index in [-0.39, 0.29) is 35.2 Å². The molecular formula is C15H22O4. The molecule has 0 spiro atoms. The fourth-order valence-corrected chi connectivity index (χ4v) is 4.73. The van der Waals surface area contributed by atoms with Gasteiger partial charge in [-0.2, -0.15) is 0 Å². The Morgan fingerprint density at radius 2 is 2.05 bits per heavy atom. The number of hydrogen-bond acceptors (Lipinski definition) is 4. The van der Waals surface area contributed by atoms with Gasteiger partial charge in [0.2, 0.25) is 0 Å². The van der Waals surface area contributed by atoms with Gasteiger partial charge in [0, 0.05) is 17.9 Å². The molecular weight excluding hydrogens is 244 g/mol. The molecule has 0 radical (unpaired) electrons. The number of rotatable bonds is 0. The summed E-state index contributed by atoms with van der Waals surface area (Å²) in [6.07, 6.45) is 0.755. The minimum atomic E-state index is -0.516. The number of esters is 1. The highest BCUT2D eigenvalue weighted by atomic mass is 16.6. The first-order valence-electron chi connectivity index (χ1n) is 7.10. The molecule has 1 aliphatic heterocycles. The fraction of sp³-hybridized carbons (Fsp3) is 0.800. The van der Waals surface area contributed by atoms with Gasteiger partial charge in [-0.3, -0.25) is 0 Å². The maximum atomic E-state index is 11.7. The highest BCUT2D eigenvalue weighted by Gasteiger charge is 2.58. The van der Waals surface area contributed by atoms with Crippen molar-refractivity contribution < 1.29 is 19.7 Å².